The van der Waals surface area contributed by atoms with Crippen LogP contribution in [0, 0.1) is 30.2 Å². The standard InChI is InChI=1S/C79H54BF11N3O9/c1-7-60-64(76(98)100-9-3)38(5)71(92-60)70(72-39(6)65(77(99)101-10-4)61(8-2)94(72)80-91)67-54(43-28-47(81)32-48(82)29-43)34-52(35-55(67)44-30-49(83)33-50(84)31-44)102-63(95)27-40-15-25-51(26-16-40)93-74(96)58-36-56(41-17-21-45(22-18-41)78(85,86)87)66-53-13-11-12-14-62(53)103-73-57(37-59(75(93)97)68(58)69(66)73)42-19-23-46(24-20-42)79(88,89)90/h11-26,28-37H,7-10,27H2,1-6H3/b71-70-. The molecule has 12 nitrogen and oxygen atoms in total. The lowest BCUT2D eigenvalue weighted by molar-refractivity contribution is -0.138. The first kappa shape index (κ1) is 69.8. The summed E-state index contributed by atoms with van der Waals surface area (Å²) in [5, 5.41) is 0.806. The van der Waals surface area contributed by atoms with Crippen molar-refractivity contribution in [3.05, 3.63) is 263 Å². The summed E-state index contributed by atoms with van der Waals surface area (Å²) >= 11 is 0. The first-order chi connectivity index (χ1) is 49.2. The van der Waals surface area contributed by atoms with Crippen LogP contribution in [-0.2, 0) is 44.3 Å². The molecule has 12 aromatic rings. The molecule has 0 atom stereocenters. The molecular formula is C79H54BF11N3O9. The zero-order valence-electron chi connectivity index (χ0n) is 55.3. The molecule has 0 spiro atoms. The number of carbonyl (C=O) groups excluding carboxylic acids is 3. The minimum atomic E-state index is -4.73. The number of pyridine rings is 1. The topological polar surface area (TPSA) is 148 Å². The van der Waals surface area contributed by atoms with Crippen molar-refractivity contribution >= 4 is 80.4 Å². The largest absolute Gasteiger partial charge is 0.495 e. The van der Waals surface area contributed by atoms with Gasteiger partial charge in [-0.3, -0.25) is 19.4 Å². The Labute approximate surface area is 578 Å². The lowest BCUT2D eigenvalue weighted by Gasteiger charge is -2.24. The number of fused-ring (bicyclic) bond motifs is 2. The minimum Gasteiger partial charge on any atom is -0.462 e. The number of allylic oxidation sites excluding steroid dienone is 1. The zero-order chi connectivity index (χ0) is 73.4. The molecule has 3 aromatic heterocycles. The molecule has 13 rings (SSSR count). The minimum absolute atomic E-state index is 0.00240. The van der Waals surface area contributed by atoms with Crippen LogP contribution in [-0.4, -0.2) is 53.6 Å². The molecule has 9 aromatic carbocycles. The first-order valence-corrected chi connectivity index (χ1v) is 32.3. The van der Waals surface area contributed by atoms with Crippen molar-refractivity contribution < 1.29 is 81.2 Å². The number of halogens is 11. The molecule has 1 radical (unpaired) electrons. The molecule has 0 bridgehead atoms. The van der Waals surface area contributed by atoms with Crippen molar-refractivity contribution in [3.8, 4) is 55.9 Å². The molecule has 24 heteroatoms. The number of benzene rings is 9. The van der Waals surface area contributed by atoms with Crippen LogP contribution in [0.4, 0.5) is 48.2 Å². The highest BCUT2D eigenvalue weighted by Crippen LogP contribution is 2.51. The van der Waals surface area contributed by atoms with Gasteiger partial charge in [0.15, 0.2) is 0 Å². The molecule has 103 heavy (non-hydrogen) atoms. The van der Waals surface area contributed by atoms with Gasteiger partial charge in [-0.2, -0.15) is 26.3 Å². The maximum atomic E-state index is 16.2. The number of aromatic nitrogens is 2. The van der Waals surface area contributed by atoms with Crippen LogP contribution >= 0.6 is 0 Å². The second kappa shape index (κ2) is 27.0. The lowest BCUT2D eigenvalue weighted by atomic mass is 9.83. The third-order valence-corrected chi connectivity index (χ3v) is 18.1. The van der Waals surface area contributed by atoms with Crippen molar-refractivity contribution in [2.75, 3.05) is 13.2 Å². The fourth-order valence-electron chi connectivity index (χ4n) is 13.7. The van der Waals surface area contributed by atoms with E-state index < -0.39 is 87.9 Å². The van der Waals surface area contributed by atoms with E-state index in [0.717, 1.165) is 57.6 Å². The van der Waals surface area contributed by atoms with E-state index in [1.807, 2.05) is 0 Å². The van der Waals surface area contributed by atoms with Crippen LogP contribution in [0.3, 0.4) is 0 Å². The SMILES string of the molecule is CCOC(=O)C1=C(C)/C(=C(\c2c(-c3cc(F)cc(F)c3)cc(OC(=O)Cc3ccc(-n4c(=O)c5cc(-c6ccc(C(F)(F)F)cc6)c6oc7ccccc7c7c(-c8ccc(C(F)(F)F)cc8)cc(c4=O)c5c67)cc3)cc2-c2cc(F)cc(F)c2)c2c(C)c(C(=O)OCC)c(CC)n2[B]F)N=C1CC. The van der Waals surface area contributed by atoms with E-state index in [4.69, 9.17) is 23.6 Å². The van der Waals surface area contributed by atoms with Gasteiger partial charge in [-0.1, -0.05) is 68.4 Å². The van der Waals surface area contributed by atoms with Crippen LogP contribution in [0.15, 0.2) is 194 Å². The van der Waals surface area contributed by atoms with Crippen LogP contribution in [0.2, 0.25) is 0 Å². The van der Waals surface area contributed by atoms with E-state index in [9.17, 15) is 40.7 Å². The smallest absolute Gasteiger partial charge is 0.462 e. The summed E-state index contributed by atoms with van der Waals surface area (Å²) in [4.78, 5) is 78.0. The Bertz CT molecular complexity index is 5610. The molecular weight excluding hydrogens is 1350 g/mol. The molecule has 519 valence electrons. The normalized spacial score (nSPS) is 13.2. The number of ether oxygens (including phenoxy) is 3. The molecule has 0 saturated heterocycles. The fourth-order valence-corrected chi connectivity index (χ4v) is 13.7. The monoisotopic (exact) mass is 1410 g/mol. The molecule has 0 unspecified atom stereocenters. The summed E-state index contributed by atoms with van der Waals surface area (Å²) < 4.78 is 189. The average molecular weight is 1410 g/mol. The van der Waals surface area contributed by atoms with Crippen LogP contribution in [0.5, 0.6) is 5.75 Å². The number of esters is 3. The van der Waals surface area contributed by atoms with Crippen molar-refractivity contribution in [1.82, 2.24) is 9.05 Å². The summed E-state index contributed by atoms with van der Waals surface area (Å²) in [7, 11) is 0.164. The summed E-state index contributed by atoms with van der Waals surface area (Å²) in [5.41, 5.74) is -3.77. The van der Waals surface area contributed by atoms with E-state index >= 15 is 31.5 Å². The molecule has 4 heterocycles. The van der Waals surface area contributed by atoms with Gasteiger partial charge in [-0.15, -0.1) is 0 Å². The number of hydrogen-bond donors (Lipinski definition) is 0. The highest BCUT2D eigenvalue weighted by molar-refractivity contribution is 6.32. The highest BCUT2D eigenvalue weighted by atomic mass is 19.4. The first-order valence-electron chi connectivity index (χ1n) is 32.3. The third-order valence-electron chi connectivity index (χ3n) is 18.1. The van der Waals surface area contributed by atoms with Crippen LogP contribution in [0.1, 0.15) is 90.6 Å². The third kappa shape index (κ3) is 12.5. The van der Waals surface area contributed by atoms with Crippen molar-refractivity contribution in [3.63, 3.8) is 0 Å². The van der Waals surface area contributed by atoms with E-state index in [0.29, 0.717) is 22.9 Å². The number of nitrogens with zero attached hydrogens (tertiary/aromatic N) is 3. The number of alkyl halides is 6. The van der Waals surface area contributed by atoms with E-state index in [1.54, 1.807) is 52.0 Å². The van der Waals surface area contributed by atoms with E-state index in [-0.39, 0.29) is 178 Å². The van der Waals surface area contributed by atoms with Crippen molar-refractivity contribution in [1.29, 1.82) is 0 Å². The predicted molar refractivity (Wildman–Crippen MR) is 369 cm³/mol. The summed E-state index contributed by atoms with van der Waals surface area (Å²) in [6.07, 6.45) is -9.95. The second-order valence-corrected chi connectivity index (χ2v) is 24.3. The Morgan fingerprint density at radius 1 is 0.553 bits per heavy atom. The fraction of sp³-hybridized carbons (Fsp3) is 0.165. The molecule has 0 N–H and O–H groups in total. The second-order valence-electron chi connectivity index (χ2n) is 24.3. The molecule has 0 fully saturated rings. The van der Waals surface area contributed by atoms with Gasteiger partial charge in [0.2, 0.25) is 0 Å². The number of para-hydroxylation sites is 1. The Morgan fingerprint density at radius 2 is 1.08 bits per heavy atom. The molecule has 0 aliphatic carbocycles. The Balaban J connectivity index is 0.980. The van der Waals surface area contributed by atoms with Gasteiger partial charge in [0, 0.05) is 72.5 Å². The summed E-state index contributed by atoms with van der Waals surface area (Å²) in [5.74, 6) is -7.57. The molecule has 1 aliphatic rings. The van der Waals surface area contributed by atoms with Gasteiger partial charge in [0.1, 0.15) is 40.2 Å². The highest BCUT2D eigenvalue weighted by Gasteiger charge is 2.38. The maximum Gasteiger partial charge on any atom is 0.495 e. The molecule has 0 saturated carbocycles. The Kier molecular flexibility index (Phi) is 18.3. The Hall–Kier alpha value is -11.7. The Morgan fingerprint density at radius 3 is 1.59 bits per heavy atom. The summed E-state index contributed by atoms with van der Waals surface area (Å²) in [6, 6.07) is 30.3. The quantitative estimate of drug-likeness (QED) is 0.0217. The van der Waals surface area contributed by atoms with Crippen LogP contribution < -0.4 is 15.9 Å². The predicted octanol–water partition coefficient (Wildman–Crippen LogP) is 19.0. The molecule has 0 amide bonds. The van der Waals surface area contributed by atoms with E-state index in [2.05, 4.69) is 0 Å². The van der Waals surface area contributed by atoms with Gasteiger partial charge >= 0.3 is 38.0 Å². The van der Waals surface area contributed by atoms with Gasteiger partial charge in [-0.05, 0) is 187 Å². The van der Waals surface area contributed by atoms with Crippen molar-refractivity contribution in [2.45, 2.75) is 73.2 Å². The van der Waals surface area contributed by atoms with E-state index in [1.165, 1.54) is 86.6 Å². The van der Waals surface area contributed by atoms with Gasteiger partial charge in [-0.25, -0.2) is 31.7 Å². The van der Waals surface area contributed by atoms with Gasteiger partial charge < -0.3 is 27.4 Å². The number of rotatable bonds is 17. The number of carbonyl (C=O) groups is 3. The van der Waals surface area contributed by atoms with Gasteiger partial charge in [0.05, 0.1) is 59.0 Å². The molecule has 1 aliphatic heterocycles. The average Bonchev–Trinajstić information content (AvgIpc) is 1.27. The lowest BCUT2D eigenvalue weighted by Crippen LogP contribution is -2.32. The maximum absolute atomic E-state index is 16.2. The number of aliphatic imine (C=N–C) groups is 1. The van der Waals surface area contributed by atoms with Gasteiger partial charge in [0.25, 0.3) is 11.1 Å². The zero-order valence-corrected chi connectivity index (χ0v) is 55.3. The van der Waals surface area contributed by atoms with Crippen molar-refractivity contribution in [2.24, 2.45) is 4.99 Å². The summed E-state index contributed by atoms with van der Waals surface area (Å²) in [6.45, 7) is 9.30. The van der Waals surface area contributed by atoms with Crippen LogP contribution in [0.25, 0.3) is 99.3 Å². The number of hydrogen-bond acceptors (Lipinski definition) is 10.